The summed E-state index contributed by atoms with van der Waals surface area (Å²) in [5.41, 5.74) is 2.15. The Kier molecular flexibility index (Phi) is 5.33. The van der Waals surface area contributed by atoms with Gasteiger partial charge in [-0.3, -0.25) is 14.3 Å². The number of aromatic nitrogens is 2. The number of pyridine rings is 1. The summed E-state index contributed by atoms with van der Waals surface area (Å²) in [4.78, 5) is 35.2. The Bertz CT molecular complexity index is 1320. The molecule has 4 rings (SSSR count). The van der Waals surface area contributed by atoms with Gasteiger partial charge in [-0.1, -0.05) is 29.5 Å². The van der Waals surface area contributed by atoms with Crippen molar-refractivity contribution in [1.29, 1.82) is 0 Å². The van der Waals surface area contributed by atoms with E-state index in [0.717, 1.165) is 11.1 Å². The molecular weight excluding hydrogens is 402 g/mol. The van der Waals surface area contributed by atoms with Crippen LogP contribution in [0.4, 0.5) is 0 Å². The predicted molar refractivity (Wildman–Crippen MR) is 113 cm³/mol. The summed E-state index contributed by atoms with van der Waals surface area (Å²) in [7, 11) is 2.89. The number of thiazole rings is 1. The molecule has 152 valence electrons. The lowest BCUT2D eigenvalue weighted by molar-refractivity contribution is -0.136. The maximum atomic E-state index is 13.4. The number of carbonyl (C=O) groups excluding carboxylic acids is 1. The molecule has 2 aromatic heterocycles. The molecule has 0 bridgehead atoms. The number of rotatable bonds is 4. The summed E-state index contributed by atoms with van der Waals surface area (Å²) >= 11 is 1.27. The van der Waals surface area contributed by atoms with E-state index < -0.39 is 12.0 Å². The first kappa shape index (κ1) is 19.8. The Morgan fingerprint density at radius 1 is 1.23 bits per heavy atom. The number of allylic oxidation sites excluding steroid dienone is 1. The second-order valence-electron chi connectivity index (χ2n) is 6.64. The highest BCUT2D eigenvalue weighted by atomic mass is 32.1. The Hall–Kier alpha value is -3.52. The van der Waals surface area contributed by atoms with Crippen LogP contribution in [0, 0.1) is 0 Å². The molecule has 1 aromatic carbocycles. The fraction of sp³-hybridized carbons (Fsp3) is 0.182. The van der Waals surface area contributed by atoms with Crippen LogP contribution in [0.1, 0.15) is 24.1 Å². The van der Waals surface area contributed by atoms with Gasteiger partial charge in [-0.2, -0.15) is 0 Å². The molecular formula is C22H19N3O4S. The van der Waals surface area contributed by atoms with Crippen molar-refractivity contribution >= 4 is 23.4 Å². The van der Waals surface area contributed by atoms with Gasteiger partial charge in [0.25, 0.3) is 5.56 Å². The van der Waals surface area contributed by atoms with Crippen molar-refractivity contribution in [3.8, 4) is 5.75 Å². The van der Waals surface area contributed by atoms with Gasteiger partial charge >= 0.3 is 5.97 Å². The third-order valence-corrected chi connectivity index (χ3v) is 5.80. The van der Waals surface area contributed by atoms with Gasteiger partial charge in [-0.15, -0.1) is 0 Å². The first-order valence-corrected chi connectivity index (χ1v) is 10.00. The summed E-state index contributed by atoms with van der Waals surface area (Å²) in [5.74, 6) is 0.106. The highest BCUT2D eigenvalue weighted by Gasteiger charge is 2.33. The maximum absolute atomic E-state index is 13.4. The number of esters is 1. The van der Waals surface area contributed by atoms with E-state index in [1.54, 1.807) is 43.1 Å². The number of ether oxygens (including phenoxy) is 2. The topological polar surface area (TPSA) is 82.8 Å². The number of hydrogen-bond donors (Lipinski definition) is 0. The molecule has 7 nitrogen and oxygen atoms in total. The zero-order chi connectivity index (χ0) is 21.3. The van der Waals surface area contributed by atoms with Gasteiger partial charge in [-0.25, -0.2) is 9.79 Å². The Morgan fingerprint density at radius 2 is 2.07 bits per heavy atom. The molecule has 1 unspecified atom stereocenters. The Balaban J connectivity index is 1.99. The summed E-state index contributed by atoms with van der Waals surface area (Å²) < 4.78 is 12.4. The average Bonchev–Trinajstić information content (AvgIpc) is 3.07. The molecule has 1 atom stereocenters. The highest BCUT2D eigenvalue weighted by molar-refractivity contribution is 7.07. The van der Waals surface area contributed by atoms with Crippen LogP contribution >= 0.6 is 11.3 Å². The van der Waals surface area contributed by atoms with Crippen molar-refractivity contribution in [2.45, 2.75) is 13.0 Å². The van der Waals surface area contributed by atoms with Crippen LogP contribution in [-0.2, 0) is 9.53 Å². The van der Waals surface area contributed by atoms with E-state index in [1.165, 1.54) is 18.4 Å². The second kappa shape index (κ2) is 8.08. The molecule has 0 fully saturated rings. The van der Waals surface area contributed by atoms with Crippen molar-refractivity contribution < 1.29 is 14.3 Å². The second-order valence-corrected chi connectivity index (χ2v) is 7.65. The quantitative estimate of drug-likeness (QED) is 0.600. The number of fused-ring (bicyclic) bond motifs is 1. The standard InChI is InChI=1S/C22H19N3O4S/c1-13-18(21(27)29-3)19(15-7-4-8-16(11-15)28-2)25-20(26)17(30-22(25)24-13)10-14-6-5-9-23-12-14/h4-12,19H,1-3H3. The van der Waals surface area contributed by atoms with Gasteiger partial charge in [0.05, 0.1) is 36.1 Å². The molecule has 0 aliphatic carbocycles. The molecule has 3 heterocycles. The van der Waals surface area contributed by atoms with E-state index in [2.05, 4.69) is 9.98 Å². The molecule has 8 heteroatoms. The fourth-order valence-corrected chi connectivity index (χ4v) is 4.48. The molecule has 0 saturated carbocycles. The van der Waals surface area contributed by atoms with Crippen LogP contribution in [0.2, 0.25) is 0 Å². The zero-order valence-corrected chi connectivity index (χ0v) is 17.5. The van der Waals surface area contributed by atoms with Crippen molar-refractivity contribution in [2.24, 2.45) is 4.99 Å². The molecule has 1 aliphatic rings. The number of benzene rings is 1. The number of hydrogen-bond acceptors (Lipinski definition) is 7. The van der Waals surface area contributed by atoms with Crippen molar-refractivity contribution in [3.05, 3.63) is 90.9 Å². The molecule has 0 radical (unpaired) electrons. The van der Waals surface area contributed by atoms with Crippen LogP contribution in [0.25, 0.3) is 6.08 Å². The first-order valence-electron chi connectivity index (χ1n) is 9.18. The fourth-order valence-electron chi connectivity index (χ4n) is 3.43. The average molecular weight is 421 g/mol. The first-order chi connectivity index (χ1) is 14.5. The number of methoxy groups -OCH3 is 2. The van der Waals surface area contributed by atoms with E-state index in [4.69, 9.17) is 9.47 Å². The molecule has 0 amide bonds. The highest BCUT2D eigenvalue weighted by Crippen LogP contribution is 2.32. The monoisotopic (exact) mass is 421 g/mol. The largest absolute Gasteiger partial charge is 0.497 e. The zero-order valence-electron chi connectivity index (χ0n) is 16.7. The lowest BCUT2D eigenvalue weighted by Crippen LogP contribution is -2.39. The summed E-state index contributed by atoms with van der Waals surface area (Å²) in [5, 5.41) is 0. The third-order valence-electron chi connectivity index (χ3n) is 4.82. The van der Waals surface area contributed by atoms with Crippen LogP contribution in [-0.4, -0.2) is 29.7 Å². The van der Waals surface area contributed by atoms with E-state index in [1.807, 2.05) is 30.3 Å². The van der Waals surface area contributed by atoms with Gasteiger partial charge in [0, 0.05) is 12.4 Å². The maximum Gasteiger partial charge on any atom is 0.338 e. The summed E-state index contributed by atoms with van der Waals surface area (Å²) in [6.45, 7) is 1.75. The lowest BCUT2D eigenvalue weighted by Gasteiger charge is -2.24. The van der Waals surface area contributed by atoms with Gasteiger partial charge in [-0.05, 0) is 42.3 Å². The van der Waals surface area contributed by atoms with Crippen LogP contribution in [0.15, 0.2) is 69.8 Å². The Labute approximate surface area is 176 Å². The summed E-state index contributed by atoms with van der Waals surface area (Å²) in [6, 6.07) is 10.3. The van der Waals surface area contributed by atoms with Gasteiger partial charge in [0.1, 0.15) is 5.75 Å². The van der Waals surface area contributed by atoms with Gasteiger partial charge in [0.2, 0.25) is 0 Å². The minimum absolute atomic E-state index is 0.232. The van der Waals surface area contributed by atoms with Crippen molar-refractivity contribution in [1.82, 2.24) is 9.55 Å². The summed E-state index contributed by atoms with van der Waals surface area (Å²) in [6.07, 6.45) is 5.13. The molecule has 0 N–H and O–H groups in total. The Morgan fingerprint density at radius 3 is 2.77 bits per heavy atom. The van der Waals surface area contributed by atoms with Crippen molar-refractivity contribution in [3.63, 3.8) is 0 Å². The minimum atomic E-state index is -0.667. The van der Waals surface area contributed by atoms with Gasteiger partial charge in [0.15, 0.2) is 4.80 Å². The molecule has 3 aromatic rings. The van der Waals surface area contributed by atoms with Crippen LogP contribution < -0.4 is 19.6 Å². The van der Waals surface area contributed by atoms with E-state index in [0.29, 0.717) is 26.4 Å². The number of carbonyl (C=O) groups is 1. The van der Waals surface area contributed by atoms with Crippen molar-refractivity contribution in [2.75, 3.05) is 14.2 Å². The van der Waals surface area contributed by atoms with Gasteiger partial charge < -0.3 is 9.47 Å². The minimum Gasteiger partial charge on any atom is -0.497 e. The smallest absolute Gasteiger partial charge is 0.338 e. The molecule has 30 heavy (non-hydrogen) atoms. The van der Waals surface area contributed by atoms with E-state index in [9.17, 15) is 9.59 Å². The predicted octanol–water partition coefficient (Wildman–Crippen LogP) is 1.81. The van der Waals surface area contributed by atoms with Crippen LogP contribution in [0.5, 0.6) is 5.75 Å². The van der Waals surface area contributed by atoms with E-state index in [-0.39, 0.29) is 5.56 Å². The molecule has 0 saturated heterocycles. The molecule has 1 aliphatic heterocycles. The lowest BCUT2D eigenvalue weighted by atomic mass is 9.96. The SMILES string of the molecule is COC(=O)C1=C(C)N=c2sc(=Cc3cccnc3)c(=O)n2C1c1cccc(OC)c1. The van der Waals surface area contributed by atoms with Crippen LogP contribution in [0.3, 0.4) is 0 Å². The normalized spacial score (nSPS) is 16.1. The number of nitrogens with zero attached hydrogens (tertiary/aromatic N) is 3. The van der Waals surface area contributed by atoms with E-state index >= 15 is 0 Å². The molecule has 0 spiro atoms. The third kappa shape index (κ3) is 3.46.